The zero-order chi connectivity index (χ0) is 14.9. The van der Waals surface area contributed by atoms with E-state index in [1.165, 1.54) is 4.90 Å². The summed E-state index contributed by atoms with van der Waals surface area (Å²) in [7, 11) is 0. The molecular weight excluding hydrogens is 262 g/mol. The lowest BCUT2D eigenvalue weighted by atomic mass is 9.82. The van der Waals surface area contributed by atoms with Crippen molar-refractivity contribution in [3.05, 3.63) is 0 Å². The normalized spacial score (nSPS) is 30.6. The van der Waals surface area contributed by atoms with Crippen molar-refractivity contribution in [1.82, 2.24) is 4.90 Å². The van der Waals surface area contributed by atoms with Gasteiger partial charge in [0.15, 0.2) is 0 Å². The van der Waals surface area contributed by atoms with Crippen LogP contribution in [0.2, 0.25) is 0 Å². The molecule has 2 aliphatic rings. The van der Waals surface area contributed by atoms with Crippen molar-refractivity contribution in [1.29, 1.82) is 0 Å². The molecule has 0 aliphatic carbocycles. The Labute approximate surface area is 119 Å². The molecule has 114 valence electrons. The van der Waals surface area contributed by atoms with Gasteiger partial charge in [0.25, 0.3) is 0 Å². The van der Waals surface area contributed by atoms with Gasteiger partial charge < -0.3 is 19.5 Å². The number of carbonyl (C=O) groups is 2. The molecule has 2 aliphatic heterocycles. The molecule has 0 aromatic carbocycles. The van der Waals surface area contributed by atoms with Crippen LogP contribution in [0.1, 0.15) is 33.6 Å². The van der Waals surface area contributed by atoms with Gasteiger partial charge in [-0.1, -0.05) is 0 Å². The molecule has 0 unspecified atom stereocenters. The maximum Gasteiger partial charge on any atom is 0.410 e. The van der Waals surface area contributed by atoms with Crippen molar-refractivity contribution in [2.45, 2.75) is 45.3 Å². The minimum Gasteiger partial charge on any atom is -0.481 e. The van der Waals surface area contributed by atoms with E-state index < -0.39 is 23.6 Å². The minimum absolute atomic E-state index is 0.0890. The van der Waals surface area contributed by atoms with E-state index in [-0.39, 0.29) is 18.6 Å². The van der Waals surface area contributed by atoms with Crippen molar-refractivity contribution < 1.29 is 24.2 Å². The Bertz CT molecular complexity index is 390. The molecule has 0 aromatic heterocycles. The van der Waals surface area contributed by atoms with Crippen LogP contribution in [0.5, 0.6) is 0 Å². The number of carboxylic acids is 1. The lowest BCUT2D eigenvalue weighted by molar-refractivity contribution is -0.159. The van der Waals surface area contributed by atoms with Crippen LogP contribution < -0.4 is 0 Å². The third-order valence-corrected chi connectivity index (χ3v) is 3.73. The van der Waals surface area contributed by atoms with Gasteiger partial charge in [0, 0.05) is 25.6 Å². The van der Waals surface area contributed by atoms with Crippen molar-refractivity contribution >= 4 is 12.1 Å². The Balaban J connectivity index is 2.08. The molecule has 1 N–H and O–H groups in total. The smallest absolute Gasteiger partial charge is 0.410 e. The summed E-state index contributed by atoms with van der Waals surface area (Å²) in [6, 6.07) is 0. The summed E-state index contributed by atoms with van der Waals surface area (Å²) in [4.78, 5) is 25.0. The van der Waals surface area contributed by atoms with Crippen molar-refractivity contribution in [3.8, 4) is 0 Å². The van der Waals surface area contributed by atoms with E-state index in [1.54, 1.807) is 20.8 Å². The maximum atomic E-state index is 12.1. The molecular formula is C14H23NO5. The minimum atomic E-state index is -0.907. The Kier molecular flexibility index (Phi) is 4.22. The van der Waals surface area contributed by atoms with E-state index in [1.807, 2.05) is 0 Å². The van der Waals surface area contributed by atoms with Crippen LogP contribution in [-0.4, -0.2) is 53.5 Å². The summed E-state index contributed by atoms with van der Waals surface area (Å²) in [5.41, 5.74) is -0.574. The first-order valence-corrected chi connectivity index (χ1v) is 7.10. The number of rotatable bonds is 1. The van der Waals surface area contributed by atoms with Crippen LogP contribution in [0.3, 0.4) is 0 Å². The summed E-state index contributed by atoms with van der Waals surface area (Å²) < 4.78 is 11.0. The first-order chi connectivity index (χ1) is 9.28. The molecule has 2 rings (SSSR count). The molecule has 0 aromatic rings. The zero-order valence-corrected chi connectivity index (χ0v) is 12.3. The van der Waals surface area contributed by atoms with Crippen LogP contribution >= 0.6 is 0 Å². The molecule has 1 amide bonds. The number of hydrogen-bond acceptors (Lipinski definition) is 4. The van der Waals surface area contributed by atoms with Gasteiger partial charge in [-0.2, -0.15) is 0 Å². The van der Waals surface area contributed by atoms with Crippen LogP contribution in [0.25, 0.3) is 0 Å². The number of carboxylic acid groups (broad SMARTS) is 1. The average Bonchev–Trinajstić information content (AvgIpc) is 2.35. The van der Waals surface area contributed by atoms with Crippen LogP contribution in [0.4, 0.5) is 4.79 Å². The van der Waals surface area contributed by atoms with Crippen LogP contribution in [0, 0.1) is 11.8 Å². The van der Waals surface area contributed by atoms with E-state index in [4.69, 9.17) is 9.47 Å². The number of amides is 1. The molecule has 3 atom stereocenters. The molecule has 20 heavy (non-hydrogen) atoms. The second-order valence-electron chi connectivity index (χ2n) is 6.57. The highest BCUT2D eigenvalue weighted by atomic mass is 16.6. The van der Waals surface area contributed by atoms with Crippen molar-refractivity contribution in [2.24, 2.45) is 11.8 Å². The molecule has 2 fully saturated rings. The maximum absolute atomic E-state index is 12.1. The Morgan fingerprint density at radius 2 is 2.00 bits per heavy atom. The highest BCUT2D eigenvalue weighted by Crippen LogP contribution is 2.32. The van der Waals surface area contributed by atoms with Gasteiger partial charge in [0.2, 0.25) is 0 Å². The molecule has 2 heterocycles. The van der Waals surface area contributed by atoms with E-state index in [2.05, 4.69) is 0 Å². The SMILES string of the molecule is CC(C)(C)OC(=O)N1C[C@H]2CCCO[C@H]2[C@@H](C(=O)O)C1. The Hall–Kier alpha value is -1.30. The van der Waals surface area contributed by atoms with E-state index in [0.29, 0.717) is 13.2 Å². The molecule has 2 saturated heterocycles. The Morgan fingerprint density at radius 1 is 1.30 bits per heavy atom. The van der Waals surface area contributed by atoms with Crippen LogP contribution in [-0.2, 0) is 14.3 Å². The van der Waals surface area contributed by atoms with Gasteiger partial charge in [-0.25, -0.2) is 4.79 Å². The number of hydrogen-bond donors (Lipinski definition) is 1. The predicted molar refractivity (Wildman–Crippen MR) is 71.4 cm³/mol. The number of carbonyl (C=O) groups excluding carboxylic acids is 1. The fourth-order valence-corrected chi connectivity index (χ4v) is 2.90. The number of fused-ring (bicyclic) bond motifs is 1. The average molecular weight is 285 g/mol. The topological polar surface area (TPSA) is 76.1 Å². The molecule has 6 heteroatoms. The number of likely N-dealkylation sites (tertiary alicyclic amines) is 1. The second-order valence-corrected chi connectivity index (χ2v) is 6.57. The highest BCUT2D eigenvalue weighted by molar-refractivity contribution is 5.74. The van der Waals surface area contributed by atoms with E-state index >= 15 is 0 Å². The molecule has 0 saturated carbocycles. The van der Waals surface area contributed by atoms with Gasteiger partial charge in [-0.05, 0) is 33.6 Å². The number of ether oxygens (including phenoxy) is 2. The fourth-order valence-electron chi connectivity index (χ4n) is 2.90. The third kappa shape index (κ3) is 3.42. The first kappa shape index (κ1) is 15.1. The van der Waals surface area contributed by atoms with Gasteiger partial charge in [-0.15, -0.1) is 0 Å². The second kappa shape index (κ2) is 5.60. The molecule has 0 spiro atoms. The lowest BCUT2D eigenvalue weighted by Gasteiger charge is -2.44. The molecule has 0 radical (unpaired) electrons. The number of piperidine rings is 1. The molecule has 6 nitrogen and oxygen atoms in total. The predicted octanol–water partition coefficient (Wildman–Crippen LogP) is 1.73. The molecule has 0 bridgehead atoms. The quantitative estimate of drug-likeness (QED) is 0.794. The summed E-state index contributed by atoms with van der Waals surface area (Å²) in [6.45, 7) is 6.69. The largest absolute Gasteiger partial charge is 0.481 e. The number of aliphatic carboxylic acids is 1. The summed E-state index contributed by atoms with van der Waals surface area (Å²) in [5, 5.41) is 9.35. The van der Waals surface area contributed by atoms with Gasteiger partial charge in [0.05, 0.1) is 6.10 Å². The lowest BCUT2D eigenvalue weighted by Crippen LogP contribution is -2.56. The van der Waals surface area contributed by atoms with Gasteiger partial charge >= 0.3 is 12.1 Å². The standard InChI is InChI=1S/C14H23NO5/c1-14(2,3)20-13(18)15-7-9-5-4-6-19-11(9)10(8-15)12(16)17/h9-11H,4-8H2,1-3H3,(H,16,17)/t9-,10+,11-/m1/s1. The first-order valence-electron chi connectivity index (χ1n) is 7.10. The van der Waals surface area contributed by atoms with Crippen molar-refractivity contribution in [2.75, 3.05) is 19.7 Å². The zero-order valence-electron chi connectivity index (χ0n) is 12.3. The van der Waals surface area contributed by atoms with E-state index in [9.17, 15) is 14.7 Å². The van der Waals surface area contributed by atoms with Gasteiger partial charge in [0.1, 0.15) is 11.5 Å². The van der Waals surface area contributed by atoms with Gasteiger partial charge in [-0.3, -0.25) is 4.79 Å². The Morgan fingerprint density at radius 3 is 2.60 bits per heavy atom. The summed E-state index contributed by atoms with van der Waals surface area (Å²) in [6.07, 6.45) is 1.09. The number of nitrogens with zero attached hydrogens (tertiary/aromatic N) is 1. The highest BCUT2D eigenvalue weighted by Gasteiger charge is 2.44. The summed E-state index contributed by atoms with van der Waals surface area (Å²) >= 11 is 0. The van der Waals surface area contributed by atoms with Crippen LogP contribution in [0.15, 0.2) is 0 Å². The summed E-state index contributed by atoms with van der Waals surface area (Å²) in [5.74, 6) is -1.48. The fraction of sp³-hybridized carbons (Fsp3) is 0.857. The monoisotopic (exact) mass is 285 g/mol. The van der Waals surface area contributed by atoms with E-state index in [0.717, 1.165) is 12.8 Å². The van der Waals surface area contributed by atoms with Crippen molar-refractivity contribution in [3.63, 3.8) is 0 Å². The third-order valence-electron chi connectivity index (χ3n) is 3.73.